The highest BCUT2D eigenvalue weighted by Gasteiger charge is 2.22. The second-order valence-corrected chi connectivity index (χ2v) is 4.42. The van der Waals surface area contributed by atoms with Crippen molar-refractivity contribution in [3.8, 4) is 5.75 Å². The van der Waals surface area contributed by atoms with E-state index in [1.54, 1.807) is 13.8 Å². The van der Waals surface area contributed by atoms with Crippen LogP contribution < -0.4 is 10.1 Å². The molecule has 1 N–H and O–H groups in total. The molecule has 0 aliphatic carbocycles. The summed E-state index contributed by atoms with van der Waals surface area (Å²) < 4.78 is 4.89. The molecule has 120 valence electrons. The lowest BCUT2D eigenvalue weighted by Crippen LogP contribution is -2.40. The lowest BCUT2D eigenvalue weighted by Gasteiger charge is -2.20. The van der Waals surface area contributed by atoms with Gasteiger partial charge in [-0.05, 0) is 26.0 Å². The van der Waals surface area contributed by atoms with E-state index in [1.165, 1.54) is 24.1 Å². The number of carbonyl (C=O) groups excluding carboxylic acids is 2. The monoisotopic (exact) mass is 309 g/mol. The van der Waals surface area contributed by atoms with Crippen molar-refractivity contribution in [2.24, 2.45) is 0 Å². The summed E-state index contributed by atoms with van der Waals surface area (Å²) in [6.45, 7) is 4.20. The summed E-state index contributed by atoms with van der Waals surface area (Å²) in [6.07, 6.45) is 0. The molecule has 2 amide bonds. The molecule has 0 bridgehead atoms. The minimum atomic E-state index is -0.615. The summed E-state index contributed by atoms with van der Waals surface area (Å²) in [5.74, 6) is -0.645. The molecule has 8 heteroatoms. The Hall–Kier alpha value is -2.64. The van der Waals surface area contributed by atoms with Crippen molar-refractivity contribution >= 4 is 17.5 Å². The van der Waals surface area contributed by atoms with Crippen molar-refractivity contribution in [3.05, 3.63) is 33.9 Å². The molecule has 8 nitrogen and oxygen atoms in total. The van der Waals surface area contributed by atoms with Crippen LogP contribution in [-0.4, -0.2) is 48.4 Å². The molecule has 0 saturated heterocycles. The summed E-state index contributed by atoms with van der Waals surface area (Å²) in [7, 11) is 1.32. The average Bonchev–Trinajstić information content (AvgIpc) is 2.51. The maximum atomic E-state index is 12.4. The number of nitro groups is 1. The van der Waals surface area contributed by atoms with Gasteiger partial charge in [-0.2, -0.15) is 0 Å². The number of nitro benzene ring substituents is 1. The first-order chi connectivity index (χ1) is 10.4. The van der Waals surface area contributed by atoms with Crippen LogP contribution in [0.1, 0.15) is 24.2 Å². The zero-order chi connectivity index (χ0) is 16.7. The van der Waals surface area contributed by atoms with E-state index < -0.39 is 10.8 Å². The van der Waals surface area contributed by atoms with Crippen molar-refractivity contribution in [2.45, 2.75) is 13.8 Å². The van der Waals surface area contributed by atoms with Crippen LogP contribution in [0.3, 0.4) is 0 Å². The van der Waals surface area contributed by atoms with Gasteiger partial charge in [-0.25, -0.2) is 0 Å². The fourth-order valence-electron chi connectivity index (χ4n) is 1.90. The van der Waals surface area contributed by atoms with E-state index in [4.69, 9.17) is 4.74 Å². The molecule has 0 spiro atoms. The number of benzene rings is 1. The Balaban J connectivity index is 3.02. The molecule has 0 atom stereocenters. The van der Waals surface area contributed by atoms with E-state index in [0.717, 1.165) is 6.07 Å². The van der Waals surface area contributed by atoms with E-state index in [0.29, 0.717) is 13.1 Å². The van der Waals surface area contributed by atoms with Gasteiger partial charge in [0, 0.05) is 24.7 Å². The smallest absolute Gasteiger partial charge is 0.311 e. The maximum Gasteiger partial charge on any atom is 0.311 e. The van der Waals surface area contributed by atoms with Crippen LogP contribution >= 0.6 is 0 Å². The maximum absolute atomic E-state index is 12.4. The van der Waals surface area contributed by atoms with Crippen molar-refractivity contribution in [1.29, 1.82) is 0 Å². The van der Waals surface area contributed by atoms with Gasteiger partial charge in [0.05, 0.1) is 18.6 Å². The Morgan fingerprint density at radius 2 is 2.05 bits per heavy atom. The molecule has 0 fully saturated rings. The van der Waals surface area contributed by atoms with Crippen LogP contribution in [-0.2, 0) is 4.79 Å². The van der Waals surface area contributed by atoms with Crippen LogP contribution in [0.4, 0.5) is 5.69 Å². The minimum absolute atomic E-state index is 0.0772. The summed E-state index contributed by atoms with van der Waals surface area (Å²) in [4.78, 5) is 35.7. The molecule has 22 heavy (non-hydrogen) atoms. The number of nitrogens with one attached hydrogen (secondary N) is 1. The van der Waals surface area contributed by atoms with Gasteiger partial charge >= 0.3 is 5.69 Å². The fourth-order valence-corrected chi connectivity index (χ4v) is 1.90. The van der Waals surface area contributed by atoms with Crippen LogP contribution in [0.2, 0.25) is 0 Å². The molecular formula is C14H19N3O5. The number of amides is 2. The summed E-state index contributed by atoms with van der Waals surface area (Å²) >= 11 is 0. The van der Waals surface area contributed by atoms with Gasteiger partial charge in [0.2, 0.25) is 5.91 Å². The van der Waals surface area contributed by atoms with Crippen molar-refractivity contribution in [1.82, 2.24) is 10.2 Å². The number of methoxy groups -OCH3 is 1. The molecule has 0 unspecified atom stereocenters. The Labute approximate surface area is 128 Å². The Morgan fingerprint density at radius 1 is 1.36 bits per heavy atom. The van der Waals surface area contributed by atoms with Crippen LogP contribution in [0.5, 0.6) is 5.75 Å². The predicted molar refractivity (Wildman–Crippen MR) is 79.9 cm³/mol. The highest BCUT2D eigenvalue weighted by molar-refractivity contribution is 5.97. The van der Waals surface area contributed by atoms with Crippen LogP contribution in [0.25, 0.3) is 0 Å². The van der Waals surface area contributed by atoms with E-state index in [1.807, 2.05) is 0 Å². The number of rotatable bonds is 7. The molecule has 0 aliphatic heterocycles. The lowest BCUT2D eigenvalue weighted by molar-refractivity contribution is -0.385. The number of nitrogens with zero attached hydrogens (tertiary/aromatic N) is 2. The van der Waals surface area contributed by atoms with E-state index >= 15 is 0 Å². The number of hydrogen-bond acceptors (Lipinski definition) is 5. The van der Waals surface area contributed by atoms with Gasteiger partial charge in [-0.3, -0.25) is 19.7 Å². The normalized spacial score (nSPS) is 9.95. The molecule has 1 aromatic rings. The molecular weight excluding hydrogens is 290 g/mol. The van der Waals surface area contributed by atoms with Gasteiger partial charge in [0.1, 0.15) is 0 Å². The highest BCUT2D eigenvalue weighted by Crippen LogP contribution is 2.27. The Morgan fingerprint density at radius 3 is 2.55 bits per heavy atom. The quantitative estimate of drug-likeness (QED) is 0.602. The third kappa shape index (κ3) is 4.18. The van der Waals surface area contributed by atoms with Gasteiger partial charge < -0.3 is 15.0 Å². The third-order valence-corrected chi connectivity index (χ3v) is 3.00. The number of likely N-dealkylation sites (N-methyl/N-ethyl adjacent to an activating group) is 2. The van der Waals surface area contributed by atoms with E-state index in [2.05, 4.69) is 5.32 Å². The number of carbonyl (C=O) groups is 2. The first kappa shape index (κ1) is 17.4. The molecule has 0 aliphatic rings. The van der Waals surface area contributed by atoms with Crippen molar-refractivity contribution in [3.63, 3.8) is 0 Å². The summed E-state index contributed by atoms with van der Waals surface area (Å²) in [5.41, 5.74) is -0.152. The summed E-state index contributed by atoms with van der Waals surface area (Å²) in [6, 6.07) is 3.96. The minimum Gasteiger partial charge on any atom is -0.490 e. The zero-order valence-corrected chi connectivity index (χ0v) is 12.8. The highest BCUT2D eigenvalue weighted by atomic mass is 16.6. The van der Waals surface area contributed by atoms with Gasteiger partial charge in [-0.15, -0.1) is 0 Å². The SMILES string of the molecule is CCNC(=O)CN(CC)C(=O)c1ccc(OC)c([N+](=O)[O-])c1. The molecule has 0 heterocycles. The third-order valence-electron chi connectivity index (χ3n) is 3.00. The van der Waals surface area contributed by atoms with Crippen LogP contribution in [0, 0.1) is 10.1 Å². The van der Waals surface area contributed by atoms with Gasteiger partial charge in [-0.1, -0.05) is 0 Å². The molecule has 0 radical (unpaired) electrons. The predicted octanol–water partition coefficient (Wildman–Crippen LogP) is 1.20. The second-order valence-electron chi connectivity index (χ2n) is 4.42. The Kier molecular flexibility index (Phi) is 6.30. The summed E-state index contributed by atoms with van der Waals surface area (Å²) in [5, 5.41) is 13.6. The van der Waals surface area contributed by atoms with Gasteiger partial charge in [0.15, 0.2) is 5.75 Å². The Bertz CT molecular complexity index is 574. The fraction of sp³-hybridized carbons (Fsp3) is 0.429. The first-order valence-corrected chi connectivity index (χ1v) is 6.82. The molecule has 1 aromatic carbocycles. The first-order valence-electron chi connectivity index (χ1n) is 6.82. The van der Waals surface area contributed by atoms with Gasteiger partial charge in [0.25, 0.3) is 5.91 Å². The zero-order valence-electron chi connectivity index (χ0n) is 12.8. The van der Waals surface area contributed by atoms with Crippen LogP contribution in [0.15, 0.2) is 18.2 Å². The standard InChI is InChI=1S/C14H19N3O5/c1-4-15-13(18)9-16(5-2)14(19)10-6-7-12(22-3)11(8-10)17(20)21/h6-8H,4-5,9H2,1-3H3,(H,15,18). The molecule has 0 aromatic heterocycles. The largest absolute Gasteiger partial charge is 0.490 e. The topological polar surface area (TPSA) is 102 Å². The molecule has 1 rings (SSSR count). The second kappa shape index (κ2) is 7.96. The number of hydrogen-bond donors (Lipinski definition) is 1. The van der Waals surface area contributed by atoms with Crippen molar-refractivity contribution < 1.29 is 19.2 Å². The number of ether oxygens (including phenoxy) is 1. The van der Waals surface area contributed by atoms with E-state index in [9.17, 15) is 19.7 Å². The van der Waals surface area contributed by atoms with E-state index in [-0.39, 0.29) is 29.5 Å². The average molecular weight is 309 g/mol. The lowest BCUT2D eigenvalue weighted by atomic mass is 10.1. The van der Waals surface area contributed by atoms with Crippen molar-refractivity contribution in [2.75, 3.05) is 26.7 Å². The molecule has 0 saturated carbocycles.